The standard InChI is InChI=1S/C23H17ClFN3O4/c24-19-7-3-1-5-17(19)22(30)26-14-21(29)28-27-13-15-9-11-16(12-10-15)32-23(31)18-6-2-4-8-20(18)25/h1-13H,14H2,(H,26,30)(H,28,29)/b27-13+. The molecule has 0 radical (unpaired) electrons. The van der Waals surface area contributed by atoms with Crippen molar-refractivity contribution in [3.8, 4) is 5.75 Å². The van der Waals surface area contributed by atoms with Gasteiger partial charge in [-0.25, -0.2) is 14.6 Å². The number of halogens is 2. The Morgan fingerprint density at radius 1 is 0.938 bits per heavy atom. The number of carbonyl (C=O) groups is 3. The predicted octanol–water partition coefficient (Wildman–Crippen LogP) is 3.58. The molecule has 0 unspecified atom stereocenters. The van der Waals surface area contributed by atoms with E-state index in [1.165, 1.54) is 42.6 Å². The SMILES string of the molecule is O=C(CNC(=O)c1ccccc1Cl)N/N=C/c1ccc(OC(=O)c2ccccc2F)cc1. The highest BCUT2D eigenvalue weighted by molar-refractivity contribution is 6.33. The van der Waals surface area contributed by atoms with E-state index in [0.717, 1.165) is 0 Å². The van der Waals surface area contributed by atoms with E-state index in [1.807, 2.05) is 0 Å². The summed E-state index contributed by atoms with van der Waals surface area (Å²) in [5.74, 6) is -2.26. The van der Waals surface area contributed by atoms with Crippen LogP contribution in [0.15, 0.2) is 77.9 Å². The number of benzene rings is 3. The number of carbonyl (C=O) groups excluding carboxylic acids is 3. The molecule has 3 aromatic carbocycles. The minimum Gasteiger partial charge on any atom is -0.423 e. The third-order valence-corrected chi connectivity index (χ3v) is 4.44. The van der Waals surface area contributed by atoms with Crippen molar-refractivity contribution in [2.24, 2.45) is 5.10 Å². The van der Waals surface area contributed by atoms with Crippen LogP contribution in [0.25, 0.3) is 0 Å². The molecule has 32 heavy (non-hydrogen) atoms. The van der Waals surface area contributed by atoms with Gasteiger partial charge in [0.05, 0.1) is 28.9 Å². The smallest absolute Gasteiger partial charge is 0.346 e. The molecule has 3 aromatic rings. The maximum absolute atomic E-state index is 13.6. The Kier molecular flexibility index (Phi) is 7.66. The first-order chi connectivity index (χ1) is 15.4. The van der Waals surface area contributed by atoms with Gasteiger partial charge in [0, 0.05) is 0 Å². The van der Waals surface area contributed by atoms with Crippen LogP contribution < -0.4 is 15.5 Å². The van der Waals surface area contributed by atoms with Crippen molar-refractivity contribution in [1.29, 1.82) is 0 Å². The Morgan fingerprint density at radius 2 is 1.59 bits per heavy atom. The largest absolute Gasteiger partial charge is 0.423 e. The van der Waals surface area contributed by atoms with E-state index in [2.05, 4.69) is 15.8 Å². The predicted molar refractivity (Wildman–Crippen MR) is 117 cm³/mol. The molecule has 0 aromatic heterocycles. The fourth-order valence-electron chi connectivity index (χ4n) is 2.53. The molecule has 162 valence electrons. The second-order valence-electron chi connectivity index (χ2n) is 6.39. The van der Waals surface area contributed by atoms with Gasteiger partial charge >= 0.3 is 5.97 Å². The second kappa shape index (κ2) is 10.8. The number of amides is 2. The summed E-state index contributed by atoms with van der Waals surface area (Å²) in [5, 5.41) is 6.53. The fourth-order valence-corrected chi connectivity index (χ4v) is 2.75. The topological polar surface area (TPSA) is 96.9 Å². The molecular formula is C23H17ClFN3O4. The first-order valence-corrected chi connectivity index (χ1v) is 9.73. The average molecular weight is 454 g/mol. The molecule has 2 N–H and O–H groups in total. The molecule has 0 saturated heterocycles. The Bertz CT molecular complexity index is 1170. The van der Waals surface area contributed by atoms with Crippen molar-refractivity contribution >= 4 is 35.6 Å². The summed E-state index contributed by atoms with van der Waals surface area (Å²) in [4.78, 5) is 35.9. The van der Waals surface area contributed by atoms with Gasteiger partial charge in [0.15, 0.2) is 0 Å². The highest BCUT2D eigenvalue weighted by Crippen LogP contribution is 2.16. The molecule has 0 aliphatic carbocycles. The summed E-state index contributed by atoms with van der Waals surface area (Å²) in [6.45, 7) is -0.285. The second-order valence-corrected chi connectivity index (χ2v) is 6.80. The third kappa shape index (κ3) is 6.23. The lowest BCUT2D eigenvalue weighted by Gasteiger charge is -2.06. The molecular weight excluding hydrogens is 437 g/mol. The van der Waals surface area contributed by atoms with Gasteiger partial charge in [-0.3, -0.25) is 9.59 Å². The Balaban J connectivity index is 1.47. The molecule has 0 fully saturated rings. The molecule has 0 heterocycles. The van der Waals surface area contributed by atoms with Gasteiger partial charge in [-0.05, 0) is 54.1 Å². The number of rotatable bonds is 7. The van der Waals surface area contributed by atoms with Crippen LogP contribution >= 0.6 is 11.6 Å². The van der Waals surface area contributed by atoms with Crippen molar-refractivity contribution in [3.63, 3.8) is 0 Å². The van der Waals surface area contributed by atoms with Gasteiger partial charge in [-0.1, -0.05) is 35.9 Å². The van der Waals surface area contributed by atoms with Crippen LogP contribution in [0.2, 0.25) is 5.02 Å². The van der Waals surface area contributed by atoms with Crippen LogP contribution in [0.4, 0.5) is 4.39 Å². The van der Waals surface area contributed by atoms with E-state index in [4.69, 9.17) is 16.3 Å². The van der Waals surface area contributed by atoms with E-state index >= 15 is 0 Å². The number of esters is 1. The van der Waals surface area contributed by atoms with Gasteiger partial charge in [0.2, 0.25) is 0 Å². The molecule has 0 aliphatic rings. The lowest BCUT2D eigenvalue weighted by Crippen LogP contribution is -2.35. The summed E-state index contributed by atoms with van der Waals surface area (Å²) in [7, 11) is 0. The molecule has 0 atom stereocenters. The van der Waals surface area contributed by atoms with E-state index in [9.17, 15) is 18.8 Å². The van der Waals surface area contributed by atoms with Gasteiger partial charge in [0.25, 0.3) is 11.8 Å². The molecule has 0 bridgehead atoms. The van der Waals surface area contributed by atoms with Crippen LogP contribution in [0.5, 0.6) is 5.75 Å². The summed E-state index contributed by atoms with van der Waals surface area (Å²) in [5.41, 5.74) is 2.99. The van der Waals surface area contributed by atoms with Crippen molar-refractivity contribution in [2.45, 2.75) is 0 Å². The number of ether oxygens (including phenoxy) is 1. The maximum Gasteiger partial charge on any atom is 0.346 e. The van der Waals surface area contributed by atoms with Crippen LogP contribution in [0.1, 0.15) is 26.3 Å². The van der Waals surface area contributed by atoms with Gasteiger partial charge in [0.1, 0.15) is 11.6 Å². The fraction of sp³-hybridized carbons (Fsp3) is 0.0435. The zero-order valence-electron chi connectivity index (χ0n) is 16.5. The lowest BCUT2D eigenvalue weighted by molar-refractivity contribution is -0.120. The third-order valence-electron chi connectivity index (χ3n) is 4.12. The summed E-state index contributed by atoms with van der Waals surface area (Å²) < 4.78 is 18.8. The molecule has 3 rings (SSSR count). The number of nitrogens with one attached hydrogen (secondary N) is 2. The zero-order valence-corrected chi connectivity index (χ0v) is 17.3. The summed E-state index contributed by atoms with van der Waals surface area (Å²) >= 11 is 5.93. The highest BCUT2D eigenvalue weighted by Gasteiger charge is 2.13. The van der Waals surface area contributed by atoms with E-state index < -0.39 is 23.6 Å². The molecule has 0 saturated carbocycles. The quantitative estimate of drug-likeness (QED) is 0.247. The van der Waals surface area contributed by atoms with Crippen molar-refractivity contribution in [1.82, 2.24) is 10.7 Å². The van der Waals surface area contributed by atoms with Gasteiger partial charge < -0.3 is 10.1 Å². The van der Waals surface area contributed by atoms with Crippen LogP contribution in [-0.4, -0.2) is 30.5 Å². The Labute approximate surface area is 187 Å². The Hall–Kier alpha value is -4.04. The van der Waals surface area contributed by atoms with Gasteiger partial charge in [-0.15, -0.1) is 0 Å². The number of hydrogen-bond donors (Lipinski definition) is 2. The summed E-state index contributed by atoms with van der Waals surface area (Å²) in [6, 6.07) is 18.2. The van der Waals surface area contributed by atoms with Crippen LogP contribution in [0.3, 0.4) is 0 Å². The first-order valence-electron chi connectivity index (χ1n) is 9.35. The van der Waals surface area contributed by atoms with E-state index in [1.54, 1.807) is 36.4 Å². The molecule has 2 amide bonds. The van der Waals surface area contributed by atoms with Crippen molar-refractivity contribution < 1.29 is 23.5 Å². The molecule has 0 aliphatic heterocycles. The van der Waals surface area contributed by atoms with Crippen LogP contribution in [-0.2, 0) is 4.79 Å². The number of hydrogen-bond acceptors (Lipinski definition) is 5. The molecule has 7 nitrogen and oxygen atoms in total. The molecule has 0 spiro atoms. The summed E-state index contributed by atoms with van der Waals surface area (Å²) in [6.07, 6.45) is 1.37. The minimum atomic E-state index is -0.810. The van der Waals surface area contributed by atoms with E-state index in [-0.39, 0.29) is 28.4 Å². The van der Waals surface area contributed by atoms with Crippen molar-refractivity contribution in [2.75, 3.05) is 6.54 Å². The first kappa shape index (κ1) is 22.6. The number of nitrogens with zero attached hydrogens (tertiary/aromatic N) is 1. The monoisotopic (exact) mass is 453 g/mol. The Morgan fingerprint density at radius 3 is 2.28 bits per heavy atom. The van der Waals surface area contributed by atoms with E-state index in [0.29, 0.717) is 5.56 Å². The van der Waals surface area contributed by atoms with Gasteiger partial charge in [-0.2, -0.15) is 5.10 Å². The minimum absolute atomic E-state index is 0.164. The highest BCUT2D eigenvalue weighted by atomic mass is 35.5. The normalized spacial score (nSPS) is 10.6. The molecule has 9 heteroatoms. The van der Waals surface area contributed by atoms with Crippen LogP contribution in [0, 0.1) is 5.82 Å². The van der Waals surface area contributed by atoms with Crippen molar-refractivity contribution in [3.05, 3.63) is 100 Å². The average Bonchev–Trinajstić information content (AvgIpc) is 2.79. The lowest BCUT2D eigenvalue weighted by atomic mass is 10.2. The maximum atomic E-state index is 13.6. The number of hydrazone groups is 1. The zero-order chi connectivity index (χ0) is 22.9.